The first-order valence-corrected chi connectivity index (χ1v) is 7.12. The van der Waals surface area contributed by atoms with Crippen molar-refractivity contribution in [3.8, 4) is 5.88 Å². The van der Waals surface area contributed by atoms with Gasteiger partial charge in [0, 0.05) is 31.9 Å². The van der Waals surface area contributed by atoms with Crippen LogP contribution in [0.2, 0.25) is 0 Å². The van der Waals surface area contributed by atoms with E-state index in [9.17, 15) is 0 Å². The molecule has 1 N–H and O–H groups in total. The van der Waals surface area contributed by atoms with Gasteiger partial charge in [-0.25, -0.2) is 4.98 Å². The van der Waals surface area contributed by atoms with E-state index in [1.165, 1.54) is 6.54 Å². The number of aliphatic hydroxyl groups excluding tert-OH is 1. The summed E-state index contributed by atoms with van der Waals surface area (Å²) in [4.78, 5) is 6.72. The number of aliphatic hydroxyl groups is 1. The summed E-state index contributed by atoms with van der Waals surface area (Å²) in [5.74, 6) is 1.39. The number of aromatic nitrogens is 1. The summed E-state index contributed by atoms with van der Waals surface area (Å²) < 4.78 is 5.89. The molecule has 1 fully saturated rings. The van der Waals surface area contributed by atoms with Crippen LogP contribution < -0.4 is 4.74 Å². The lowest BCUT2D eigenvalue weighted by molar-refractivity contribution is 0.0907. The van der Waals surface area contributed by atoms with Crippen LogP contribution in [0.15, 0.2) is 18.3 Å². The number of rotatable bonds is 5. The molecule has 0 bridgehead atoms. The van der Waals surface area contributed by atoms with Gasteiger partial charge in [-0.15, -0.1) is 0 Å². The van der Waals surface area contributed by atoms with Crippen molar-refractivity contribution in [1.82, 2.24) is 9.88 Å². The van der Waals surface area contributed by atoms with Crippen molar-refractivity contribution in [2.24, 2.45) is 5.92 Å². The maximum atomic E-state index is 8.96. The lowest BCUT2D eigenvalue weighted by Crippen LogP contribution is -2.40. The summed E-state index contributed by atoms with van der Waals surface area (Å²) in [7, 11) is 0. The number of piperidine rings is 1. The standard InChI is InChI=1S/C15H24N2O2/c1-12(2)10-17-7-5-14(6-8-17)19-15-4-3-13(11-18)9-16-15/h3-4,9,12,14,18H,5-8,10-11H2,1-2H3. The molecule has 0 atom stereocenters. The number of hydrogen-bond acceptors (Lipinski definition) is 4. The van der Waals surface area contributed by atoms with Gasteiger partial charge in [0.1, 0.15) is 6.10 Å². The molecule has 0 spiro atoms. The average Bonchev–Trinajstić information content (AvgIpc) is 2.41. The van der Waals surface area contributed by atoms with Crippen LogP contribution in [-0.4, -0.2) is 40.7 Å². The molecule has 0 radical (unpaired) electrons. The lowest BCUT2D eigenvalue weighted by atomic mass is 10.1. The minimum absolute atomic E-state index is 0.0286. The second kappa shape index (κ2) is 6.87. The van der Waals surface area contributed by atoms with E-state index in [-0.39, 0.29) is 12.7 Å². The molecule has 1 aliphatic rings. The molecule has 106 valence electrons. The number of ether oxygens (including phenoxy) is 1. The van der Waals surface area contributed by atoms with Gasteiger partial charge in [-0.3, -0.25) is 0 Å². The Kier molecular flexibility index (Phi) is 5.16. The van der Waals surface area contributed by atoms with Crippen molar-refractivity contribution in [1.29, 1.82) is 0 Å². The Balaban J connectivity index is 1.78. The summed E-state index contributed by atoms with van der Waals surface area (Å²) in [6.45, 7) is 7.94. The highest BCUT2D eigenvalue weighted by Crippen LogP contribution is 2.18. The van der Waals surface area contributed by atoms with Crippen molar-refractivity contribution in [3.63, 3.8) is 0 Å². The lowest BCUT2D eigenvalue weighted by Gasteiger charge is -2.32. The number of pyridine rings is 1. The van der Waals surface area contributed by atoms with Gasteiger partial charge in [-0.2, -0.15) is 0 Å². The van der Waals surface area contributed by atoms with Crippen molar-refractivity contribution in [3.05, 3.63) is 23.9 Å². The molecule has 0 amide bonds. The molecule has 0 aliphatic carbocycles. The van der Waals surface area contributed by atoms with E-state index >= 15 is 0 Å². The summed E-state index contributed by atoms with van der Waals surface area (Å²) >= 11 is 0. The predicted octanol–water partition coefficient (Wildman–Crippen LogP) is 2.07. The predicted molar refractivity (Wildman–Crippen MR) is 75.1 cm³/mol. The molecule has 1 aromatic rings. The molecular formula is C15H24N2O2. The van der Waals surface area contributed by atoms with Crippen LogP contribution in [0.25, 0.3) is 0 Å². The molecule has 2 heterocycles. The molecule has 2 rings (SSSR count). The van der Waals surface area contributed by atoms with Crippen LogP contribution in [0.4, 0.5) is 0 Å². The fourth-order valence-electron chi connectivity index (χ4n) is 2.47. The summed E-state index contributed by atoms with van der Waals surface area (Å²) in [6, 6.07) is 3.70. The molecule has 4 nitrogen and oxygen atoms in total. The van der Waals surface area contributed by atoms with Crippen LogP contribution in [0.1, 0.15) is 32.3 Å². The van der Waals surface area contributed by atoms with Crippen molar-refractivity contribution in [2.45, 2.75) is 39.4 Å². The molecular weight excluding hydrogens is 240 g/mol. The average molecular weight is 264 g/mol. The molecule has 4 heteroatoms. The van der Waals surface area contributed by atoms with E-state index in [4.69, 9.17) is 9.84 Å². The quantitative estimate of drug-likeness (QED) is 0.884. The number of likely N-dealkylation sites (tertiary alicyclic amines) is 1. The first-order valence-electron chi connectivity index (χ1n) is 7.12. The summed E-state index contributed by atoms with van der Waals surface area (Å²) in [5, 5.41) is 8.96. The van der Waals surface area contributed by atoms with E-state index in [1.807, 2.05) is 12.1 Å². The normalized spacial score (nSPS) is 17.9. The third-order valence-corrected chi connectivity index (χ3v) is 3.43. The second-order valence-electron chi connectivity index (χ2n) is 5.67. The highest BCUT2D eigenvalue weighted by atomic mass is 16.5. The van der Waals surface area contributed by atoms with Gasteiger partial charge in [0.05, 0.1) is 6.61 Å². The number of hydrogen-bond donors (Lipinski definition) is 1. The van der Waals surface area contributed by atoms with Gasteiger partial charge in [-0.1, -0.05) is 13.8 Å². The maximum absolute atomic E-state index is 8.96. The zero-order valence-corrected chi connectivity index (χ0v) is 11.9. The SMILES string of the molecule is CC(C)CN1CCC(Oc2ccc(CO)cn2)CC1. The fourth-order valence-corrected chi connectivity index (χ4v) is 2.47. The van der Waals surface area contributed by atoms with Crippen molar-refractivity contribution >= 4 is 0 Å². The van der Waals surface area contributed by atoms with E-state index in [0.29, 0.717) is 5.88 Å². The van der Waals surface area contributed by atoms with E-state index < -0.39 is 0 Å². The van der Waals surface area contributed by atoms with E-state index in [0.717, 1.165) is 37.4 Å². The third-order valence-electron chi connectivity index (χ3n) is 3.43. The number of nitrogens with zero attached hydrogens (tertiary/aromatic N) is 2. The Bertz CT molecular complexity index is 370. The molecule has 0 aromatic carbocycles. The molecule has 1 aromatic heterocycles. The summed E-state index contributed by atoms with van der Waals surface area (Å²) in [6.07, 6.45) is 4.08. The minimum atomic E-state index is 0.0286. The Morgan fingerprint density at radius 3 is 2.63 bits per heavy atom. The van der Waals surface area contributed by atoms with Gasteiger partial charge in [0.25, 0.3) is 0 Å². The zero-order chi connectivity index (χ0) is 13.7. The van der Waals surface area contributed by atoms with Crippen molar-refractivity contribution in [2.75, 3.05) is 19.6 Å². The molecule has 1 saturated heterocycles. The monoisotopic (exact) mass is 264 g/mol. The Morgan fingerprint density at radius 2 is 2.11 bits per heavy atom. The third kappa shape index (κ3) is 4.48. The van der Waals surface area contributed by atoms with Crippen LogP contribution >= 0.6 is 0 Å². The minimum Gasteiger partial charge on any atom is -0.474 e. The van der Waals surface area contributed by atoms with Crippen LogP contribution in [0.3, 0.4) is 0 Å². The van der Waals surface area contributed by atoms with Gasteiger partial charge < -0.3 is 14.7 Å². The largest absolute Gasteiger partial charge is 0.474 e. The molecule has 0 unspecified atom stereocenters. The Labute approximate surface area is 115 Å². The highest BCUT2D eigenvalue weighted by Gasteiger charge is 2.21. The second-order valence-corrected chi connectivity index (χ2v) is 5.67. The molecule has 0 saturated carbocycles. The van der Waals surface area contributed by atoms with Crippen LogP contribution in [0, 0.1) is 5.92 Å². The topological polar surface area (TPSA) is 45.6 Å². The first kappa shape index (κ1) is 14.3. The zero-order valence-electron chi connectivity index (χ0n) is 11.9. The van der Waals surface area contributed by atoms with E-state index in [1.54, 1.807) is 6.20 Å². The summed E-state index contributed by atoms with van der Waals surface area (Å²) in [5.41, 5.74) is 0.819. The van der Waals surface area contributed by atoms with Gasteiger partial charge in [0.2, 0.25) is 5.88 Å². The first-order chi connectivity index (χ1) is 9.17. The van der Waals surface area contributed by atoms with Crippen LogP contribution in [-0.2, 0) is 6.61 Å². The fraction of sp³-hybridized carbons (Fsp3) is 0.667. The van der Waals surface area contributed by atoms with E-state index in [2.05, 4.69) is 23.7 Å². The smallest absolute Gasteiger partial charge is 0.213 e. The van der Waals surface area contributed by atoms with Gasteiger partial charge >= 0.3 is 0 Å². The van der Waals surface area contributed by atoms with Gasteiger partial charge in [0.15, 0.2) is 0 Å². The van der Waals surface area contributed by atoms with Gasteiger partial charge in [-0.05, 0) is 30.4 Å². The highest BCUT2D eigenvalue weighted by molar-refractivity contribution is 5.17. The van der Waals surface area contributed by atoms with Crippen LogP contribution in [0.5, 0.6) is 5.88 Å². The Morgan fingerprint density at radius 1 is 1.37 bits per heavy atom. The van der Waals surface area contributed by atoms with Crippen molar-refractivity contribution < 1.29 is 9.84 Å². The molecule has 19 heavy (non-hydrogen) atoms. The molecule has 1 aliphatic heterocycles. The Hall–Kier alpha value is -1.13. The maximum Gasteiger partial charge on any atom is 0.213 e.